The van der Waals surface area contributed by atoms with Crippen LogP contribution in [0.4, 0.5) is 0 Å². The molecule has 0 spiro atoms. The van der Waals surface area contributed by atoms with Crippen LogP contribution >= 0.6 is 0 Å². The molecule has 0 aliphatic heterocycles. The van der Waals surface area contributed by atoms with E-state index in [2.05, 4.69) is 0 Å². The molecule has 1 atom stereocenters. The van der Waals surface area contributed by atoms with Gasteiger partial charge in [0.15, 0.2) is 0 Å². The van der Waals surface area contributed by atoms with E-state index < -0.39 is 30.2 Å². The molecular weight excluding hydrogens is 166 g/mol. The first-order valence-corrected chi connectivity index (χ1v) is 2.81. The molecular formula is C6H9NO5. The summed E-state index contributed by atoms with van der Waals surface area (Å²) in [6.45, 7) is 0.851. The lowest BCUT2D eigenvalue weighted by atomic mass is 10.2. The number of hydrogen-bond acceptors (Lipinski definition) is 3. The van der Waals surface area contributed by atoms with Crippen molar-refractivity contribution in [2.45, 2.75) is 19.3 Å². The molecule has 3 N–H and O–H groups in total. The fourth-order valence-electron chi connectivity index (χ4n) is 0.421. The standard InChI is InChI=1S/C6H9NO5/c1-3(8)7-4(6(11)12)2-5(9)10/h4H,2H2,1H3,(H,7,8)(H,9,10)(H,11,12)/t4-/m0/s1/i2D2,4D. The third-order valence-corrected chi connectivity index (χ3v) is 0.747. The van der Waals surface area contributed by atoms with Crippen molar-refractivity contribution in [2.75, 3.05) is 0 Å². The van der Waals surface area contributed by atoms with Crippen molar-refractivity contribution in [3.05, 3.63) is 0 Å². The molecule has 6 heteroatoms. The molecule has 0 unspecified atom stereocenters. The zero-order chi connectivity index (χ0) is 12.4. The molecule has 6 nitrogen and oxygen atoms in total. The van der Waals surface area contributed by atoms with Crippen LogP contribution in [0.5, 0.6) is 0 Å². The third kappa shape index (κ3) is 4.26. The van der Waals surface area contributed by atoms with E-state index in [4.69, 9.17) is 14.3 Å². The van der Waals surface area contributed by atoms with Gasteiger partial charge in [-0.1, -0.05) is 0 Å². The zero-order valence-electron chi connectivity index (χ0n) is 9.12. The Labute approximate surface area is 72.4 Å². The maximum atomic E-state index is 10.6. The van der Waals surface area contributed by atoms with Gasteiger partial charge in [0, 0.05) is 9.67 Å². The first kappa shape index (κ1) is 5.99. The summed E-state index contributed by atoms with van der Waals surface area (Å²) in [6.07, 6.45) is -3.44. The van der Waals surface area contributed by atoms with E-state index in [1.165, 1.54) is 5.32 Å². The van der Waals surface area contributed by atoms with Crippen LogP contribution in [0.1, 0.15) is 17.4 Å². The Morgan fingerprint density at radius 3 is 2.33 bits per heavy atom. The van der Waals surface area contributed by atoms with E-state index in [1.54, 1.807) is 0 Å². The fraction of sp³-hybridized carbons (Fsp3) is 0.500. The molecule has 0 aromatic rings. The highest BCUT2D eigenvalue weighted by atomic mass is 16.4. The van der Waals surface area contributed by atoms with Gasteiger partial charge >= 0.3 is 11.9 Å². The number of aliphatic carboxylic acids is 2. The Balaban J connectivity index is 5.38. The Hall–Kier alpha value is -1.59. The van der Waals surface area contributed by atoms with Gasteiger partial charge in [-0.15, -0.1) is 0 Å². The average molecular weight is 178 g/mol. The molecule has 0 saturated carbocycles. The molecule has 12 heavy (non-hydrogen) atoms. The SMILES string of the molecule is [2H]C([2H])(C(=O)O)[C@]([2H])(NC(C)=O)C(=O)O. The topological polar surface area (TPSA) is 104 Å². The maximum Gasteiger partial charge on any atom is 0.326 e. The van der Waals surface area contributed by atoms with Crippen molar-refractivity contribution in [3.8, 4) is 0 Å². The van der Waals surface area contributed by atoms with E-state index >= 15 is 0 Å². The second kappa shape index (κ2) is 4.32. The summed E-state index contributed by atoms with van der Waals surface area (Å²) in [7, 11) is 0. The van der Waals surface area contributed by atoms with Crippen molar-refractivity contribution in [3.63, 3.8) is 0 Å². The van der Waals surface area contributed by atoms with Crippen molar-refractivity contribution in [1.82, 2.24) is 5.32 Å². The number of hydrogen-bond donors (Lipinski definition) is 3. The summed E-state index contributed by atoms with van der Waals surface area (Å²) in [5, 5.41) is 18.4. The summed E-state index contributed by atoms with van der Waals surface area (Å²) in [4.78, 5) is 31.6. The van der Waals surface area contributed by atoms with Gasteiger partial charge in [-0.3, -0.25) is 9.59 Å². The van der Waals surface area contributed by atoms with E-state index in [-0.39, 0.29) is 0 Å². The monoisotopic (exact) mass is 178 g/mol. The van der Waals surface area contributed by atoms with Crippen molar-refractivity contribution < 1.29 is 28.7 Å². The van der Waals surface area contributed by atoms with Crippen LogP contribution in [0.3, 0.4) is 0 Å². The maximum absolute atomic E-state index is 10.6. The van der Waals surface area contributed by atoms with E-state index in [1.807, 2.05) is 0 Å². The first-order chi connectivity index (χ1) is 6.55. The molecule has 0 aromatic carbocycles. The predicted molar refractivity (Wildman–Crippen MR) is 37.5 cm³/mol. The number of carbonyl (C=O) groups excluding carboxylic acids is 1. The molecule has 0 aliphatic carbocycles. The Kier molecular flexibility index (Phi) is 2.16. The van der Waals surface area contributed by atoms with Crippen LogP contribution in [-0.4, -0.2) is 34.1 Å². The number of carbonyl (C=O) groups is 3. The van der Waals surface area contributed by atoms with Crippen LogP contribution in [0.2, 0.25) is 0 Å². The van der Waals surface area contributed by atoms with E-state index in [0.717, 1.165) is 6.92 Å². The molecule has 68 valence electrons. The van der Waals surface area contributed by atoms with Crippen molar-refractivity contribution in [2.24, 2.45) is 0 Å². The largest absolute Gasteiger partial charge is 0.481 e. The van der Waals surface area contributed by atoms with Gasteiger partial charge < -0.3 is 15.5 Å². The van der Waals surface area contributed by atoms with Gasteiger partial charge in [-0.05, 0) is 0 Å². The number of nitrogens with one attached hydrogen (secondary N) is 1. The van der Waals surface area contributed by atoms with Crippen molar-refractivity contribution >= 4 is 17.8 Å². The third-order valence-electron chi connectivity index (χ3n) is 0.747. The second-order valence-electron chi connectivity index (χ2n) is 1.79. The normalized spacial score (nSPS) is 19.2. The van der Waals surface area contributed by atoms with Crippen LogP contribution in [-0.2, 0) is 14.4 Å². The van der Waals surface area contributed by atoms with Gasteiger partial charge in [0.2, 0.25) is 5.91 Å². The lowest BCUT2D eigenvalue weighted by molar-refractivity contribution is -0.147. The summed E-state index contributed by atoms with van der Waals surface area (Å²) >= 11 is 0. The van der Waals surface area contributed by atoms with Crippen LogP contribution in [0.15, 0.2) is 0 Å². The number of rotatable bonds is 4. The number of carboxylic acid groups (broad SMARTS) is 2. The predicted octanol–water partition coefficient (Wildman–Crippen LogP) is -0.950. The van der Waals surface area contributed by atoms with Gasteiger partial charge in [0.05, 0.1) is 7.74 Å². The minimum absolute atomic E-state index is 0.851. The summed E-state index contributed by atoms with van der Waals surface area (Å²) in [5.41, 5.74) is 0. The highest BCUT2D eigenvalue weighted by Gasteiger charge is 2.21. The Bertz CT molecular complexity index is 318. The number of amides is 1. The molecule has 0 bridgehead atoms. The molecule has 0 heterocycles. The smallest absolute Gasteiger partial charge is 0.326 e. The summed E-state index contributed by atoms with van der Waals surface area (Å²) < 4.78 is 21.0. The van der Waals surface area contributed by atoms with Gasteiger partial charge in [-0.2, -0.15) is 0 Å². The molecule has 0 fully saturated rings. The van der Waals surface area contributed by atoms with Crippen LogP contribution < -0.4 is 5.32 Å². The Morgan fingerprint density at radius 2 is 2.08 bits per heavy atom. The zero-order valence-corrected chi connectivity index (χ0v) is 6.12. The molecule has 0 radical (unpaired) electrons. The fourth-order valence-corrected chi connectivity index (χ4v) is 0.421. The van der Waals surface area contributed by atoms with Crippen LogP contribution in [0.25, 0.3) is 0 Å². The molecule has 0 aromatic heterocycles. The molecule has 1 amide bonds. The van der Waals surface area contributed by atoms with Gasteiger partial charge in [0.1, 0.15) is 6.02 Å². The molecule has 0 rings (SSSR count). The summed E-state index contributed by atoms with van der Waals surface area (Å²) in [6, 6.07) is -3.26. The average Bonchev–Trinajstić information content (AvgIpc) is 2.01. The first-order valence-electron chi connectivity index (χ1n) is 4.31. The highest BCUT2D eigenvalue weighted by molar-refractivity contribution is 5.85. The summed E-state index contributed by atoms with van der Waals surface area (Å²) in [5.74, 6) is -5.25. The van der Waals surface area contributed by atoms with E-state index in [9.17, 15) is 14.4 Å². The quantitative estimate of drug-likeness (QED) is 0.515. The lowest BCUT2D eigenvalue weighted by Gasteiger charge is -2.09. The van der Waals surface area contributed by atoms with Crippen LogP contribution in [0, 0.1) is 0 Å². The highest BCUT2D eigenvalue weighted by Crippen LogP contribution is 1.91. The van der Waals surface area contributed by atoms with E-state index in [0.29, 0.717) is 0 Å². The van der Waals surface area contributed by atoms with Gasteiger partial charge in [0.25, 0.3) is 0 Å². The van der Waals surface area contributed by atoms with Gasteiger partial charge in [-0.25, -0.2) is 4.79 Å². The van der Waals surface area contributed by atoms with Crippen molar-refractivity contribution in [1.29, 1.82) is 0 Å². The number of carboxylic acids is 2. The minimum atomic E-state index is -3.44. The molecule has 0 aliphatic rings. The Morgan fingerprint density at radius 1 is 1.58 bits per heavy atom. The molecule has 0 saturated heterocycles. The lowest BCUT2D eigenvalue weighted by Crippen LogP contribution is -2.41. The minimum Gasteiger partial charge on any atom is -0.481 e. The second-order valence-corrected chi connectivity index (χ2v) is 1.79.